The Balaban J connectivity index is 1.46. The van der Waals surface area contributed by atoms with Gasteiger partial charge in [-0.2, -0.15) is 4.31 Å². The number of halogens is 1. The zero-order valence-corrected chi connectivity index (χ0v) is 16.1. The largest absolute Gasteiger partial charge is 0.376 e. The van der Waals surface area contributed by atoms with Gasteiger partial charge in [0.1, 0.15) is 0 Å². The lowest BCUT2D eigenvalue weighted by atomic mass is 10.2. The van der Waals surface area contributed by atoms with Crippen LogP contribution in [0.25, 0.3) is 0 Å². The molecule has 2 saturated heterocycles. The number of carbonyl (C=O) groups excluding carboxylic acids is 1. The molecule has 1 N–H and O–H groups in total. The highest BCUT2D eigenvalue weighted by atomic mass is 35.5. The third kappa shape index (κ3) is 4.95. The number of carbonyl (C=O) groups is 1. The summed E-state index contributed by atoms with van der Waals surface area (Å²) in [6.07, 6.45) is 2.16. The van der Waals surface area contributed by atoms with Gasteiger partial charge in [-0.1, -0.05) is 11.6 Å². The molecule has 0 aromatic heterocycles. The van der Waals surface area contributed by atoms with Crippen molar-refractivity contribution in [3.8, 4) is 0 Å². The van der Waals surface area contributed by atoms with E-state index in [-0.39, 0.29) is 23.5 Å². The maximum Gasteiger partial charge on any atom is 0.243 e. The highest BCUT2D eigenvalue weighted by Gasteiger charge is 2.29. The second kappa shape index (κ2) is 8.67. The van der Waals surface area contributed by atoms with Gasteiger partial charge >= 0.3 is 0 Å². The Morgan fingerprint density at radius 2 is 1.88 bits per heavy atom. The molecule has 1 atom stereocenters. The Morgan fingerprint density at radius 1 is 1.19 bits per heavy atom. The van der Waals surface area contributed by atoms with E-state index >= 15 is 0 Å². The van der Waals surface area contributed by atoms with E-state index in [9.17, 15) is 13.2 Å². The van der Waals surface area contributed by atoms with E-state index in [1.807, 2.05) is 4.90 Å². The summed E-state index contributed by atoms with van der Waals surface area (Å²) in [4.78, 5) is 14.3. The Bertz CT molecular complexity index is 712. The highest BCUT2D eigenvalue weighted by Crippen LogP contribution is 2.19. The first-order chi connectivity index (χ1) is 12.4. The van der Waals surface area contributed by atoms with Gasteiger partial charge in [0.2, 0.25) is 15.9 Å². The molecule has 144 valence electrons. The lowest BCUT2D eigenvalue weighted by Gasteiger charge is -2.33. The first-order valence-corrected chi connectivity index (χ1v) is 10.6. The van der Waals surface area contributed by atoms with Crippen molar-refractivity contribution in [3.05, 3.63) is 29.3 Å². The van der Waals surface area contributed by atoms with Crippen molar-refractivity contribution in [2.75, 3.05) is 45.9 Å². The predicted molar refractivity (Wildman–Crippen MR) is 98.6 cm³/mol. The number of hydrogen-bond donors (Lipinski definition) is 1. The van der Waals surface area contributed by atoms with E-state index in [1.165, 1.54) is 16.4 Å². The van der Waals surface area contributed by atoms with Crippen LogP contribution in [0.15, 0.2) is 29.2 Å². The lowest BCUT2D eigenvalue weighted by molar-refractivity contribution is -0.123. The maximum absolute atomic E-state index is 12.6. The second-order valence-corrected chi connectivity index (χ2v) is 8.95. The fraction of sp³-hybridized carbons (Fsp3) is 0.588. The van der Waals surface area contributed by atoms with Crippen molar-refractivity contribution in [2.45, 2.75) is 23.8 Å². The smallest absolute Gasteiger partial charge is 0.243 e. The molecule has 9 heteroatoms. The number of piperazine rings is 1. The van der Waals surface area contributed by atoms with Crippen molar-refractivity contribution in [2.24, 2.45) is 0 Å². The summed E-state index contributed by atoms with van der Waals surface area (Å²) in [6, 6.07) is 6.18. The predicted octanol–water partition coefficient (Wildman–Crippen LogP) is 0.941. The first-order valence-electron chi connectivity index (χ1n) is 8.81. The Morgan fingerprint density at radius 3 is 2.50 bits per heavy atom. The molecule has 3 rings (SSSR count). The van der Waals surface area contributed by atoms with E-state index in [0.29, 0.717) is 37.7 Å². The molecule has 0 aliphatic carbocycles. The molecule has 1 amide bonds. The number of hydrogen-bond acceptors (Lipinski definition) is 5. The van der Waals surface area contributed by atoms with Crippen molar-refractivity contribution in [1.29, 1.82) is 0 Å². The van der Waals surface area contributed by atoms with Gasteiger partial charge in [-0.15, -0.1) is 0 Å². The van der Waals surface area contributed by atoms with Crippen molar-refractivity contribution in [1.82, 2.24) is 14.5 Å². The summed E-state index contributed by atoms with van der Waals surface area (Å²) >= 11 is 5.82. The van der Waals surface area contributed by atoms with E-state index in [0.717, 1.165) is 19.4 Å². The van der Waals surface area contributed by atoms with Crippen LogP contribution in [0, 0.1) is 0 Å². The molecule has 7 nitrogen and oxygen atoms in total. The van der Waals surface area contributed by atoms with Crippen LogP contribution in [-0.2, 0) is 19.6 Å². The van der Waals surface area contributed by atoms with Gasteiger partial charge < -0.3 is 10.1 Å². The Hall–Kier alpha value is -1.19. The highest BCUT2D eigenvalue weighted by molar-refractivity contribution is 7.89. The minimum atomic E-state index is -3.52. The molecule has 1 aromatic rings. The zero-order chi connectivity index (χ0) is 18.6. The number of sulfonamides is 1. The summed E-state index contributed by atoms with van der Waals surface area (Å²) < 4.78 is 32.2. The zero-order valence-electron chi connectivity index (χ0n) is 14.6. The number of ether oxygens (including phenoxy) is 1. The molecule has 2 heterocycles. The number of nitrogens with zero attached hydrogens (tertiary/aromatic N) is 2. The van der Waals surface area contributed by atoms with Crippen LogP contribution in [0.2, 0.25) is 5.02 Å². The molecule has 1 aromatic carbocycles. The van der Waals surface area contributed by atoms with Crippen LogP contribution < -0.4 is 5.32 Å². The van der Waals surface area contributed by atoms with Crippen LogP contribution >= 0.6 is 11.6 Å². The van der Waals surface area contributed by atoms with E-state index in [1.54, 1.807) is 12.1 Å². The minimum absolute atomic E-state index is 0.0468. The fourth-order valence-corrected chi connectivity index (χ4v) is 4.72. The molecular formula is C17H24ClN3O4S. The average molecular weight is 402 g/mol. The molecule has 0 bridgehead atoms. The van der Waals surface area contributed by atoms with Crippen molar-refractivity contribution in [3.63, 3.8) is 0 Å². The van der Waals surface area contributed by atoms with Gasteiger partial charge in [0.15, 0.2) is 0 Å². The van der Waals surface area contributed by atoms with Gasteiger partial charge in [-0.25, -0.2) is 8.42 Å². The van der Waals surface area contributed by atoms with Gasteiger partial charge in [-0.3, -0.25) is 9.69 Å². The molecule has 2 aliphatic rings. The monoisotopic (exact) mass is 401 g/mol. The summed E-state index contributed by atoms with van der Waals surface area (Å²) in [5.74, 6) is -0.0468. The van der Waals surface area contributed by atoms with Crippen LogP contribution in [0.4, 0.5) is 0 Å². The van der Waals surface area contributed by atoms with Crippen LogP contribution in [-0.4, -0.2) is 75.5 Å². The Kier molecular flexibility index (Phi) is 6.52. The average Bonchev–Trinajstić information content (AvgIpc) is 3.14. The SMILES string of the molecule is O=C(CN1CCN(S(=O)(=O)c2ccc(Cl)cc2)CC1)NC[C@H]1CCCO1. The molecule has 2 fully saturated rings. The third-order valence-corrected chi connectivity index (χ3v) is 6.87. The standard InChI is InChI=1S/C17H24ClN3O4S/c18-14-3-5-16(6-4-14)26(23,24)21-9-7-20(8-10-21)13-17(22)19-12-15-2-1-11-25-15/h3-6,15H,1-2,7-13H2,(H,19,22)/t15-/m1/s1. The van der Waals surface area contributed by atoms with E-state index in [4.69, 9.17) is 16.3 Å². The topological polar surface area (TPSA) is 79.0 Å². The van der Waals surface area contributed by atoms with Gasteiger partial charge in [0, 0.05) is 44.4 Å². The molecule has 2 aliphatic heterocycles. The van der Waals surface area contributed by atoms with Gasteiger partial charge in [0.25, 0.3) is 0 Å². The van der Waals surface area contributed by atoms with Crippen LogP contribution in [0.3, 0.4) is 0 Å². The van der Waals surface area contributed by atoms with E-state index in [2.05, 4.69) is 5.32 Å². The molecule has 26 heavy (non-hydrogen) atoms. The molecule has 0 unspecified atom stereocenters. The molecule has 0 spiro atoms. The summed E-state index contributed by atoms with van der Waals surface area (Å²) in [7, 11) is -3.52. The number of nitrogens with one attached hydrogen (secondary N) is 1. The molecule has 0 saturated carbocycles. The van der Waals surface area contributed by atoms with Gasteiger partial charge in [-0.05, 0) is 37.1 Å². The maximum atomic E-state index is 12.6. The minimum Gasteiger partial charge on any atom is -0.376 e. The van der Waals surface area contributed by atoms with Crippen LogP contribution in [0.5, 0.6) is 0 Å². The quantitative estimate of drug-likeness (QED) is 0.767. The molecular weight excluding hydrogens is 378 g/mol. The number of amides is 1. The van der Waals surface area contributed by atoms with Gasteiger partial charge in [0.05, 0.1) is 17.5 Å². The van der Waals surface area contributed by atoms with Crippen LogP contribution in [0.1, 0.15) is 12.8 Å². The lowest BCUT2D eigenvalue weighted by Crippen LogP contribution is -2.51. The first kappa shape index (κ1) is 19.6. The van der Waals surface area contributed by atoms with Crippen molar-refractivity contribution < 1.29 is 17.9 Å². The third-order valence-electron chi connectivity index (χ3n) is 4.70. The summed E-state index contributed by atoms with van der Waals surface area (Å²) in [6.45, 7) is 3.38. The second-order valence-electron chi connectivity index (χ2n) is 6.57. The number of rotatable bonds is 6. The van der Waals surface area contributed by atoms with E-state index < -0.39 is 10.0 Å². The normalized spacial score (nSPS) is 22.4. The molecule has 0 radical (unpaired) electrons. The summed E-state index contributed by atoms with van der Waals surface area (Å²) in [5, 5.41) is 3.40. The fourth-order valence-electron chi connectivity index (χ4n) is 3.18. The Labute approximate surface area is 159 Å². The summed E-state index contributed by atoms with van der Waals surface area (Å²) in [5.41, 5.74) is 0. The number of benzene rings is 1. The van der Waals surface area contributed by atoms with Crippen molar-refractivity contribution >= 4 is 27.5 Å².